The second kappa shape index (κ2) is 4.65. The predicted octanol–water partition coefficient (Wildman–Crippen LogP) is 3.89. The van der Waals surface area contributed by atoms with Gasteiger partial charge in [0.1, 0.15) is 9.88 Å². The standard InChI is InChI=1S/C10H8BrNO2S2/c1-2-6-8(10(13)14)16-9(12-6)7-5(11)3-4-15-7/h3-4H,2H2,1H3,(H,13,14). The minimum absolute atomic E-state index is 0.345. The van der Waals surface area contributed by atoms with Crippen LogP contribution in [0, 0.1) is 0 Å². The van der Waals surface area contributed by atoms with Crippen LogP contribution in [-0.2, 0) is 6.42 Å². The molecule has 1 N–H and O–H groups in total. The molecule has 84 valence electrons. The zero-order chi connectivity index (χ0) is 11.7. The molecular formula is C10H8BrNO2S2. The summed E-state index contributed by atoms with van der Waals surface area (Å²) < 4.78 is 0.964. The first-order valence-corrected chi connectivity index (χ1v) is 7.08. The van der Waals surface area contributed by atoms with Crippen LogP contribution in [0.3, 0.4) is 0 Å². The Kier molecular flexibility index (Phi) is 3.41. The summed E-state index contributed by atoms with van der Waals surface area (Å²) in [5, 5.41) is 11.8. The van der Waals surface area contributed by atoms with Gasteiger partial charge in [0.2, 0.25) is 0 Å². The molecule has 2 heterocycles. The van der Waals surface area contributed by atoms with E-state index in [-0.39, 0.29) is 0 Å². The number of hydrogen-bond donors (Lipinski definition) is 1. The molecule has 0 radical (unpaired) electrons. The van der Waals surface area contributed by atoms with Crippen molar-refractivity contribution < 1.29 is 9.90 Å². The molecule has 0 spiro atoms. The molecule has 16 heavy (non-hydrogen) atoms. The lowest BCUT2D eigenvalue weighted by atomic mass is 10.3. The van der Waals surface area contributed by atoms with Gasteiger partial charge in [0.05, 0.1) is 10.6 Å². The highest BCUT2D eigenvalue weighted by Gasteiger charge is 2.18. The number of carbonyl (C=O) groups is 1. The molecule has 6 heteroatoms. The molecule has 0 saturated carbocycles. The topological polar surface area (TPSA) is 50.2 Å². The SMILES string of the molecule is CCc1nc(-c2sccc2Br)sc1C(=O)O. The van der Waals surface area contributed by atoms with Gasteiger partial charge in [-0.05, 0) is 33.8 Å². The maximum atomic E-state index is 11.0. The molecule has 0 bridgehead atoms. The van der Waals surface area contributed by atoms with Crippen molar-refractivity contribution in [3.05, 3.63) is 26.5 Å². The van der Waals surface area contributed by atoms with Crippen LogP contribution in [-0.4, -0.2) is 16.1 Å². The number of aromatic nitrogens is 1. The third-order valence-corrected chi connectivity index (χ3v) is 5.11. The fourth-order valence-electron chi connectivity index (χ4n) is 1.30. The van der Waals surface area contributed by atoms with Crippen LogP contribution in [0.5, 0.6) is 0 Å². The van der Waals surface area contributed by atoms with Crippen LogP contribution >= 0.6 is 38.6 Å². The number of nitrogens with zero attached hydrogens (tertiary/aromatic N) is 1. The summed E-state index contributed by atoms with van der Waals surface area (Å²) in [7, 11) is 0. The lowest BCUT2D eigenvalue weighted by molar-refractivity contribution is 0.0701. The first-order chi connectivity index (χ1) is 7.63. The smallest absolute Gasteiger partial charge is 0.347 e. The van der Waals surface area contributed by atoms with Gasteiger partial charge in [-0.25, -0.2) is 9.78 Å². The summed E-state index contributed by atoms with van der Waals surface area (Å²) >= 11 is 6.21. The Bertz CT molecular complexity index is 533. The van der Waals surface area contributed by atoms with Crippen LogP contribution < -0.4 is 0 Å². The van der Waals surface area contributed by atoms with Gasteiger partial charge >= 0.3 is 5.97 Å². The van der Waals surface area contributed by atoms with Crippen molar-refractivity contribution in [2.75, 3.05) is 0 Å². The monoisotopic (exact) mass is 317 g/mol. The fraction of sp³-hybridized carbons (Fsp3) is 0.200. The van der Waals surface area contributed by atoms with Crippen molar-refractivity contribution >= 4 is 44.6 Å². The van der Waals surface area contributed by atoms with Crippen molar-refractivity contribution in [1.29, 1.82) is 0 Å². The summed E-state index contributed by atoms with van der Waals surface area (Å²) in [6.07, 6.45) is 0.640. The lowest BCUT2D eigenvalue weighted by Crippen LogP contribution is -1.97. The average Bonchev–Trinajstić information content (AvgIpc) is 2.82. The van der Waals surface area contributed by atoms with Crippen molar-refractivity contribution in [1.82, 2.24) is 4.98 Å². The van der Waals surface area contributed by atoms with Gasteiger partial charge in [0.25, 0.3) is 0 Å². The van der Waals surface area contributed by atoms with Crippen LogP contribution in [0.4, 0.5) is 0 Å². The van der Waals surface area contributed by atoms with Gasteiger partial charge in [-0.3, -0.25) is 0 Å². The fourth-order valence-corrected chi connectivity index (χ4v) is 4.09. The summed E-state index contributed by atoms with van der Waals surface area (Å²) in [5.74, 6) is -0.895. The zero-order valence-corrected chi connectivity index (χ0v) is 11.6. The van der Waals surface area contributed by atoms with Gasteiger partial charge < -0.3 is 5.11 Å². The number of aryl methyl sites for hydroxylation is 1. The molecule has 0 fully saturated rings. The Balaban J connectivity index is 2.52. The first kappa shape index (κ1) is 11.8. The molecule has 0 aromatic carbocycles. The number of thiazole rings is 1. The lowest BCUT2D eigenvalue weighted by Gasteiger charge is -1.90. The highest BCUT2D eigenvalue weighted by molar-refractivity contribution is 9.10. The molecule has 0 saturated heterocycles. The van der Waals surface area contributed by atoms with Crippen LogP contribution in [0.1, 0.15) is 22.3 Å². The minimum atomic E-state index is -0.895. The zero-order valence-electron chi connectivity index (χ0n) is 8.36. The highest BCUT2D eigenvalue weighted by Crippen LogP contribution is 2.37. The molecule has 0 aliphatic heterocycles. The molecule has 0 unspecified atom stereocenters. The van der Waals surface area contributed by atoms with E-state index in [1.165, 1.54) is 11.3 Å². The largest absolute Gasteiger partial charge is 0.477 e. The van der Waals surface area contributed by atoms with Gasteiger partial charge in [0, 0.05) is 4.47 Å². The second-order valence-electron chi connectivity index (χ2n) is 3.05. The van der Waals surface area contributed by atoms with E-state index in [0.717, 1.165) is 14.4 Å². The molecule has 2 aromatic heterocycles. The van der Waals surface area contributed by atoms with E-state index >= 15 is 0 Å². The van der Waals surface area contributed by atoms with E-state index in [4.69, 9.17) is 5.11 Å². The van der Waals surface area contributed by atoms with E-state index in [2.05, 4.69) is 20.9 Å². The van der Waals surface area contributed by atoms with E-state index in [0.29, 0.717) is 17.0 Å². The molecule has 2 aromatic rings. The average molecular weight is 318 g/mol. The molecule has 0 atom stereocenters. The molecule has 0 aliphatic carbocycles. The number of halogens is 1. The number of aromatic carboxylic acids is 1. The van der Waals surface area contributed by atoms with Crippen LogP contribution in [0.25, 0.3) is 9.88 Å². The Labute approximate surface area is 109 Å². The Morgan fingerprint density at radius 3 is 2.81 bits per heavy atom. The molecular weight excluding hydrogens is 310 g/mol. The maximum absolute atomic E-state index is 11.0. The second-order valence-corrected chi connectivity index (χ2v) is 5.82. The minimum Gasteiger partial charge on any atom is -0.477 e. The summed E-state index contributed by atoms with van der Waals surface area (Å²) in [6, 6.07) is 1.94. The van der Waals surface area contributed by atoms with Crippen molar-refractivity contribution in [2.24, 2.45) is 0 Å². The number of thiophene rings is 1. The quantitative estimate of drug-likeness (QED) is 0.934. The molecule has 3 nitrogen and oxygen atoms in total. The van der Waals surface area contributed by atoms with E-state index in [1.807, 2.05) is 18.4 Å². The maximum Gasteiger partial charge on any atom is 0.347 e. The third-order valence-electron chi connectivity index (χ3n) is 2.04. The third kappa shape index (κ3) is 2.05. The van der Waals surface area contributed by atoms with E-state index in [9.17, 15) is 4.79 Å². The number of hydrogen-bond acceptors (Lipinski definition) is 4. The van der Waals surface area contributed by atoms with Gasteiger partial charge in [-0.2, -0.15) is 0 Å². The molecule has 0 aliphatic rings. The Morgan fingerprint density at radius 2 is 2.38 bits per heavy atom. The molecule has 2 rings (SSSR count). The van der Waals surface area contributed by atoms with Gasteiger partial charge in [-0.15, -0.1) is 22.7 Å². The van der Waals surface area contributed by atoms with Crippen molar-refractivity contribution in [3.63, 3.8) is 0 Å². The van der Waals surface area contributed by atoms with E-state index < -0.39 is 5.97 Å². The normalized spacial score (nSPS) is 10.6. The van der Waals surface area contributed by atoms with Crippen LogP contribution in [0.2, 0.25) is 0 Å². The Morgan fingerprint density at radius 1 is 1.62 bits per heavy atom. The predicted molar refractivity (Wildman–Crippen MR) is 69.5 cm³/mol. The van der Waals surface area contributed by atoms with Crippen molar-refractivity contribution in [3.8, 4) is 9.88 Å². The highest BCUT2D eigenvalue weighted by atomic mass is 79.9. The van der Waals surface area contributed by atoms with Gasteiger partial charge in [0.15, 0.2) is 0 Å². The first-order valence-electron chi connectivity index (χ1n) is 4.59. The molecule has 0 amide bonds. The Hall–Kier alpha value is -0.720. The number of rotatable bonds is 3. The van der Waals surface area contributed by atoms with E-state index in [1.54, 1.807) is 11.3 Å². The summed E-state index contributed by atoms with van der Waals surface area (Å²) in [4.78, 5) is 16.7. The van der Waals surface area contributed by atoms with Crippen LogP contribution in [0.15, 0.2) is 15.9 Å². The summed E-state index contributed by atoms with van der Waals surface area (Å²) in [6.45, 7) is 1.91. The number of carboxylic acid groups (broad SMARTS) is 1. The summed E-state index contributed by atoms with van der Waals surface area (Å²) in [5.41, 5.74) is 0.660. The van der Waals surface area contributed by atoms with Crippen molar-refractivity contribution in [2.45, 2.75) is 13.3 Å². The number of carboxylic acids is 1. The van der Waals surface area contributed by atoms with Gasteiger partial charge in [-0.1, -0.05) is 6.92 Å².